The Hall–Kier alpha value is -1.07. The van der Waals surface area contributed by atoms with Crippen LogP contribution in [0.15, 0.2) is 46.9 Å². The summed E-state index contributed by atoms with van der Waals surface area (Å²) in [5, 5.41) is 0.623. The summed E-state index contributed by atoms with van der Waals surface area (Å²) >= 11 is 9.45. The lowest BCUT2D eigenvalue weighted by Crippen LogP contribution is -2.30. The van der Waals surface area contributed by atoms with Gasteiger partial charge < -0.3 is 5.73 Å². The molecule has 0 saturated carbocycles. The van der Waals surface area contributed by atoms with E-state index in [1.54, 1.807) is 6.07 Å². The van der Waals surface area contributed by atoms with E-state index in [4.69, 9.17) is 23.2 Å². The third-order valence-corrected chi connectivity index (χ3v) is 4.02. The van der Waals surface area contributed by atoms with Crippen molar-refractivity contribution in [2.45, 2.75) is 12.5 Å². The Morgan fingerprint density at radius 2 is 1.95 bits per heavy atom. The largest absolute Gasteiger partial charge is 0.398 e. The summed E-state index contributed by atoms with van der Waals surface area (Å²) in [7, 11) is 0. The van der Waals surface area contributed by atoms with Crippen molar-refractivity contribution >= 4 is 33.2 Å². The predicted molar refractivity (Wildman–Crippen MR) is 83.8 cm³/mol. The minimum atomic E-state index is -0.0593. The first-order chi connectivity index (χ1) is 9.11. The van der Waals surface area contributed by atoms with Crippen molar-refractivity contribution in [3.05, 3.63) is 63.1 Å². The molecule has 0 aromatic heterocycles. The number of halogens is 2. The predicted octanol–water partition coefficient (Wildman–Crippen LogP) is 3.43. The van der Waals surface area contributed by atoms with E-state index in [1.807, 2.05) is 30.3 Å². The zero-order valence-electron chi connectivity index (χ0n) is 10.2. The van der Waals surface area contributed by atoms with Gasteiger partial charge in [0.25, 0.3) is 0 Å². The summed E-state index contributed by atoms with van der Waals surface area (Å²) in [5.74, 6) is 5.66. The van der Waals surface area contributed by atoms with E-state index in [0.717, 1.165) is 16.5 Å². The zero-order valence-corrected chi connectivity index (χ0v) is 12.6. The van der Waals surface area contributed by atoms with Crippen LogP contribution in [-0.4, -0.2) is 0 Å². The lowest BCUT2D eigenvalue weighted by atomic mass is 9.98. The first-order valence-corrected chi connectivity index (χ1v) is 7.03. The summed E-state index contributed by atoms with van der Waals surface area (Å²) in [4.78, 5) is 0. The van der Waals surface area contributed by atoms with Gasteiger partial charge in [0, 0.05) is 15.2 Å². The highest BCUT2D eigenvalue weighted by molar-refractivity contribution is 9.10. The van der Waals surface area contributed by atoms with Crippen LogP contribution in [0.1, 0.15) is 17.2 Å². The first-order valence-electron chi connectivity index (χ1n) is 5.86. The highest BCUT2D eigenvalue weighted by Gasteiger charge is 2.15. The van der Waals surface area contributed by atoms with Crippen molar-refractivity contribution in [3.63, 3.8) is 0 Å². The van der Waals surface area contributed by atoms with Gasteiger partial charge in [0.05, 0.1) is 6.04 Å². The molecule has 1 unspecified atom stereocenters. The van der Waals surface area contributed by atoms with E-state index in [-0.39, 0.29) is 6.04 Å². The van der Waals surface area contributed by atoms with Crippen molar-refractivity contribution < 1.29 is 0 Å². The van der Waals surface area contributed by atoms with E-state index in [9.17, 15) is 0 Å². The summed E-state index contributed by atoms with van der Waals surface area (Å²) in [6.45, 7) is 0. The van der Waals surface area contributed by atoms with Gasteiger partial charge in [-0.3, -0.25) is 11.3 Å². The molecule has 0 aliphatic heterocycles. The average molecular weight is 341 g/mol. The monoisotopic (exact) mass is 339 g/mol. The molecule has 0 aliphatic rings. The molecule has 0 spiro atoms. The molecule has 0 saturated heterocycles. The molecule has 2 rings (SSSR count). The van der Waals surface area contributed by atoms with Crippen LogP contribution in [0.5, 0.6) is 0 Å². The number of anilines is 1. The minimum absolute atomic E-state index is 0.0593. The van der Waals surface area contributed by atoms with Crippen LogP contribution in [-0.2, 0) is 6.42 Å². The molecule has 0 fully saturated rings. The summed E-state index contributed by atoms with van der Waals surface area (Å²) < 4.78 is 1.06. The fourth-order valence-corrected chi connectivity index (χ4v) is 2.63. The Balaban J connectivity index is 2.28. The Kier molecular flexibility index (Phi) is 4.82. The van der Waals surface area contributed by atoms with Crippen molar-refractivity contribution in [1.29, 1.82) is 0 Å². The molecule has 19 heavy (non-hydrogen) atoms. The average Bonchev–Trinajstić information content (AvgIpc) is 2.39. The fourth-order valence-electron chi connectivity index (χ4n) is 2.01. The fraction of sp³-hybridized carbons (Fsp3) is 0.143. The molecule has 2 aromatic rings. The second kappa shape index (κ2) is 6.39. The zero-order chi connectivity index (χ0) is 13.8. The smallest absolute Gasteiger partial charge is 0.0521 e. The van der Waals surface area contributed by atoms with Gasteiger partial charge in [-0.05, 0) is 35.7 Å². The SMILES string of the molecule is NNC(Cc1ccccc1Br)c1ccc(Cl)cc1N. The maximum Gasteiger partial charge on any atom is 0.0521 e. The highest BCUT2D eigenvalue weighted by atomic mass is 79.9. The van der Waals surface area contributed by atoms with E-state index in [2.05, 4.69) is 27.4 Å². The van der Waals surface area contributed by atoms with Gasteiger partial charge in [0.2, 0.25) is 0 Å². The number of hydrazine groups is 1. The topological polar surface area (TPSA) is 64.1 Å². The van der Waals surface area contributed by atoms with Crippen LogP contribution in [0.4, 0.5) is 5.69 Å². The number of hydrogen-bond donors (Lipinski definition) is 3. The first kappa shape index (κ1) is 14.3. The van der Waals surface area contributed by atoms with Gasteiger partial charge in [-0.1, -0.05) is 51.8 Å². The number of benzene rings is 2. The summed E-state index contributed by atoms with van der Waals surface area (Å²) in [6.07, 6.45) is 0.740. The van der Waals surface area contributed by atoms with Crippen LogP contribution < -0.4 is 17.0 Å². The van der Waals surface area contributed by atoms with E-state index < -0.39 is 0 Å². The lowest BCUT2D eigenvalue weighted by molar-refractivity contribution is 0.552. The second-order valence-corrected chi connectivity index (χ2v) is 5.58. The van der Waals surface area contributed by atoms with Crippen molar-refractivity contribution in [2.75, 3.05) is 5.73 Å². The van der Waals surface area contributed by atoms with Gasteiger partial charge in [-0.25, -0.2) is 0 Å². The van der Waals surface area contributed by atoms with Crippen LogP contribution >= 0.6 is 27.5 Å². The second-order valence-electron chi connectivity index (χ2n) is 4.29. The molecule has 5 heteroatoms. The Bertz CT molecular complexity index is 574. The standard InChI is InChI=1S/C14H15BrClN3/c15-12-4-2-1-3-9(12)7-14(19-18)11-6-5-10(16)8-13(11)17/h1-6,8,14,19H,7,17-18H2. The number of hydrogen-bond acceptors (Lipinski definition) is 3. The van der Waals surface area contributed by atoms with Gasteiger partial charge in [-0.15, -0.1) is 0 Å². The van der Waals surface area contributed by atoms with Crippen LogP contribution in [0.25, 0.3) is 0 Å². The molecule has 0 aliphatic carbocycles. The molecular formula is C14H15BrClN3. The third kappa shape index (κ3) is 3.48. The minimum Gasteiger partial charge on any atom is -0.398 e. The van der Waals surface area contributed by atoms with Gasteiger partial charge >= 0.3 is 0 Å². The normalized spacial score (nSPS) is 12.4. The third-order valence-electron chi connectivity index (χ3n) is 3.01. The molecule has 0 amide bonds. The summed E-state index contributed by atoms with van der Waals surface area (Å²) in [6, 6.07) is 13.4. The van der Waals surface area contributed by atoms with Crippen molar-refractivity contribution in [2.24, 2.45) is 5.84 Å². The maximum absolute atomic E-state index is 6.00. The molecule has 0 radical (unpaired) electrons. The number of nitrogens with two attached hydrogens (primary N) is 2. The van der Waals surface area contributed by atoms with E-state index >= 15 is 0 Å². The number of rotatable bonds is 4. The molecule has 3 nitrogen and oxygen atoms in total. The van der Waals surface area contributed by atoms with Crippen LogP contribution in [0.3, 0.4) is 0 Å². The maximum atomic E-state index is 6.00. The lowest BCUT2D eigenvalue weighted by Gasteiger charge is -2.19. The van der Waals surface area contributed by atoms with Gasteiger partial charge in [-0.2, -0.15) is 0 Å². The summed E-state index contributed by atoms with van der Waals surface area (Å²) in [5.41, 5.74) is 11.6. The quantitative estimate of drug-likeness (QED) is 0.454. The van der Waals surface area contributed by atoms with E-state index in [0.29, 0.717) is 10.7 Å². The molecular weight excluding hydrogens is 326 g/mol. The highest BCUT2D eigenvalue weighted by Crippen LogP contribution is 2.28. The van der Waals surface area contributed by atoms with Crippen LogP contribution in [0, 0.1) is 0 Å². The molecule has 0 bridgehead atoms. The molecule has 100 valence electrons. The number of nitrogens with one attached hydrogen (secondary N) is 1. The Morgan fingerprint density at radius 3 is 2.58 bits per heavy atom. The number of nitrogen functional groups attached to an aromatic ring is 1. The van der Waals surface area contributed by atoms with E-state index in [1.165, 1.54) is 5.56 Å². The Morgan fingerprint density at radius 1 is 1.21 bits per heavy atom. The van der Waals surface area contributed by atoms with Gasteiger partial charge in [0.1, 0.15) is 0 Å². The van der Waals surface area contributed by atoms with Gasteiger partial charge in [0.15, 0.2) is 0 Å². The van der Waals surface area contributed by atoms with Crippen molar-refractivity contribution in [3.8, 4) is 0 Å². The Labute approximate surface area is 126 Å². The molecule has 5 N–H and O–H groups in total. The van der Waals surface area contributed by atoms with Crippen molar-refractivity contribution in [1.82, 2.24) is 5.43 Å². The molecule has 1 atom stereocenters. The molecule has 0 heterocycles. The van der Waals surface area contributed by atoms with Crippen LogP contribution in [0.2, 0.25) is 5.02 Å². The molecule has 2 aromatic carbocycles.